The summed E-state index contributed by atoms with van der Waals surface area (Å²) in [6.07, 6.45) is 0. The van der Waals surface area contributed by atoms with Crippen molar-refractivity contribution in [3.05, 3.63) is 28.8 Å². The van der Waals surface area contributed by atoms with Crippen LogP contribution in [0.2, 0.25) is 0 Å². The third kappa shape index (κ3) is 0.927. The van der Waals surface area contributed by atoms with Gasteiger partial charge in [-0.2, -0.15) is 0 Å². The molecule has 1 aromatic rings. The Bertz CT molecular complexity index is 315. The Morgan fingerprint density at radius 3 is 2.83 bits per heavy atom. The minimum absolute atomic E-state index is 0.680. The molecule has 64 valence electrons. The van der Waals surface area contributed by atoms with Crippen LogP contribution < -0.4 is 5.32 Å². The SMILES string of the molecule is Cc1ccc2c(c1C)NCC2C. The number of fused-ring (bicyclic) bond motifs is 1. The van der Waals surface area contributed by atoms with E-state index >= 15 is 0 Å². The van der Waals surface area contributed by atoms with Gasteiger partial charge in [0.25, 0.3) is 0 Å². The number of rotatable bonds is 0. The molecule has 0 bridgehead atoms. The molecule has 0 saturated carbocycles. The maximum atomic E-state index is 3.46. The Hall–Kier alpha value is -0.980. The zero-order valence-electron chi connectivity index (χ0n) is 7.94. The molecule has 1 aliphatic rings. The first-order valence-electron chi connectivity index (χ1n) is 4.54. The topological polar surface area (TPSA) is 12.0 Å². The lowest BCUT2D eigenvalue weighted by molar-refractivity contribution is 0.854. The zero-order chi connectivity index (χ0) is 8.72. The predicted molar refractivity (Wildman–Crippen MR) is 52.8 cm³/mol. The molecule has 0 saturated heterocycles. The molecule has 0 radical (unpaired) electrons. The molecule has 1 N–H and O–H groups in total. The Morgan fingerprint density at radius 2 is 2.08 bits per heavy atom. The predicted octanol–water partition coefficient (Wildman–Crippen LogP) is 2.83. The number of hydrogen-bond donors (Lipinski definition) is 1. The van der Waals surface area contributed by atoms with Crippen molar-refractivity contribution < 1.29 is 0 Å². The van der Waals surface area contributed by atoms with Crippen LogP contribution >= 0.6 is 0 Å². The van der Waals surface area contributed by atoms with E-state index in [9.17, 15) is 0 Å². The van der Waals surface area contributed by atoms with Crippen LogP contribution in [0.15, 0.2) is 12.1 Å². The molecule has 0 amide bonds. The van der Waals surface area contributed by atoms with Crippen LogP contribution in [0.25, 0.3) is 0 Å². The second-order valence-corrected chi connectivity index (χ2v) is 3.75. The van der Waals surface area contributed by atoms with E-state index in [2.05, 4.69) is 38.2 Å². The second-order valence-electron chi connectivity index (χ2n) is 3.75. The number of benzene rings is 1. The summed E-state index contributed by atoms with van der Waals surface area (Å²) in [5.74, 6) is 0.680. The van der Waals surface area contributed by atoms with Crippen LogP contribution in [-0.2, 0) is 0 Å². The van der Waals surface area contributed by atoms with Crippen molar-refractivity contribution >= 4 is 5.69 Å². The van der Waals surface area contributed by atoms with Gasteiger partial charge in [0, 0.05) is 18.2 Å². The third-order valence-electron chi connectivity index (χ3n) is 2.88. The van der Waals surface area contributed by atoms with Gasteiger partial charge in [0.15, 0.2) is 0 Å². The summed E-state index contributed by atoms with van der Waals surface area (Å²) in [7, 11) is 0. The van der Waals surface area contributed by atoms with Crippen LogP contribution in [0.4, 0.5) is 5.69 Å². The van der Waals surface area contributed by atoms with Gasteiger partial charge >= 0.3 is 0 Å². The highest BCUT2D eigenvalue weighted by atomic mass is 14.9. The molecule has 1 nitrogen and oxygen atoms in total. The molecule has 12 heavy (non-hydrogen) atoms. The van der Waals surface area contributed by atoms with Gasteiger partial charge in [0.1, 0.15) is 0 Å². The van der Waals surface area contributed by atoms with Gasteiger partial charge in [0.05, 0.1) is 0 Å². The number of aryl methyl sites for hydroxylation is 1. The van der Waals surface area contributed by atoms with E-state index in [1.54, 1.807) is 0 Å². The molecule has 1 aromatic carbocycles. The van der Waals surface area contributed by atoms with Crippen molar-refractivity contribution in [2.45, 2.75) is 26.7 Å². The van der Waals surface area contributed by atoms with Crippen LogP contribution in [0, 0.1) is 13.8 Å². The summed E-state index contributed by atoms with van der Waals surface area (Å²) in [6.45, 7) is 7.73. The van der Waals surface area contributed by atoms with Crippen molar-refractivity contribution in [1.29, 1.82) is 0 Å². The fourth-order valence-electron chi connectivity index (χ4n) is 1.85. The lowest BCUT2D eigenvalue weighted by Gasteiger charge is -2.07. The van der Waals surface area contributed by atoms with Gasteiger partial charge in [-0.25, -0.2) is 0 Å². The molecule has 1 aliphatic heterocycles. The van der Waals surface area contributed by atoms with E-state index in [1.165, 1.54) is 22.4 Å². The Kier molecular flexibility index (Phi) is 1.60. The van der Waals surface area contributed by atoms with Gasteiger partial charge in [0.2, 0.25) is 0 Å². The first kappa shape index (κ1) is 7.66. The highest BCUT2D eigenvalue weighted by Gasteiger charge is 2.19. The second kappa shape index (κ2) is 2.51. The summed E-state index contributed by atoms with van der Waals surface area (Å²) in [6, 6.07) is 4.47. The quantitative estimate of drug-likeness (QED) is 0.617. The molecule has 1 heteroatoms. The van der Waals surface area contributed by atoms with E-state index in [-0.39, 0.29) is 0 Å². The van der Waals surface area contributed by atoms with Gasteiger partial charge in [-0.3, -0.25) is 0 Å². The Balaban J connectivity index is 2.60. The fraction of sp³-hybridized carbons (Fsp3) is 0.455. The minimum atomic E-state index is 0.680. The zero-order valence-corrected chi connectivity index (χ0v) is 7.94. The molecule has 0 fully saturated rings. The van der Waals surface area contributed by atoms with Crippen LogP contribution in [0.1, 0.15) is 29.5 Å². The Labute approximate surface area is 73.8 Å². The van der Waals surface area contributed by atoms with E-state index in [0.717, 1.165) is 6.54 Å². The van der Waals surface area contributed by atoms with E-state index in [0.29, 0.717) is 5.92 Å². The fourth-order valence-corrected chi connectivity index (χ4v) is 1.85. The summed E-state index contributed by atoms with van der Waals surface area (Å²) in [5, 5.41) is 3.46. The maximum absolute atomic E-state index is 3.46. The van der Waals surface area contributed by atoms with Gasteiger partial charge < -0.3 is 5.32 Å². The largest absolute Gasteiger partial charge is 0.384 e. The van der Waals surface area contributed by atoms with Crippen LogP contribution in [0.5, 0.6) is 0 Å². The van der Waals surface area contributed by atoms with E-state index < -0.39 is 0 Å². The molecular weight excluding hydrogens is 146 g/mol. The number of anilines is 1. The van der Waals surface area contributed by atoms with Gasteiger partial charge in [-0.05, 0) is 30.5 Å². The summed E-state index contributed by atoms with van der Waals surface area (Å²) in [4.78, 5) is 0. The van der Waals surface area contributed by atoms with Crippen molar-refractivity contribution in [1.82, 2.24) is 0 Å². The van der Waals surface area contributed by atoms with Crippen molar-refractivity contribution in [3.8, 4) is 0 Å². The van der Waals surface area contributed by atoms with Crippen molar-refractivity contribution in [3.63, 3.8) is 0 Å². The summed E-state index contributed by atoms with van der Waals surface area (Å²) < 4.78 is 0. The standard InChI is InChI=1S/C11H15N/c1-7-4-5-10-8(2)6-12-11(10)9(7)3/h4-5,8,12H,6H2,1-3H3. The van der Waals surface area contributed by atoms with Gasteiger partial charge in [-0.15, -0.1) is 0 Å². The number of nitrogens with one attached hydrogen (secondary N) is 1. The normalized spacial score (nSPS) is 20.4. The average molecular weight is 161 g/mol. The maximum Gasteiger partial charge on any atom is 0.0408 e. The highest BCUT2D eigenvalue weighted by Crippen LogP contribution is 2.34. The van der Waals surface area contributed by atoms with Crippen molar-refractivity contribution in [2.75, 3.05) is 11.9 Å². The van der Waals surface area contributed by atoms with Crippen molar-refractivity contribution in [2.24, 2.45) is 0 Å². The lowest BCUT2D eigenvalue weighted by Crippen LogP contribution is -1.96. The van der Waals surface area contributed by atoms with Crippen LogP contribution in [0.3, 0.4) is 0 Å². The number of hydrogen-bond acceptors (Lipinski definition) is 1. The molecule has 0 aliphatic carbocycles. The average Bonchev–Trinajstić information content (AvgIpc) is 2.41. The summed E-state index contributed by atoms with van der Waals surface area (Å²) in [5.41, 5.74) is 5.66. The molecular formula is C11H15N. The molecule has 2 rings (SSSR count). The first-order chi connectivity index (χ1) is 5.70. The summed E-state index contributed by atoms with van der Waals surface area (Å²) >= 11 is 0. The molecule has 0 aromatic heterocycles. The first-order valence-corrected chi connectivity index (χ1v) is 4.54. The molecule has 1 atom stereocenters. The third-order valence-corrected chi connectivity index (χ3v) is 2.88. The molecule has 1 heterocycles. The highest BCUT2D eigenvalue weighted by molar-refractivity contribution is 5.64. The van der Waals surface area contributed by atoms with Gasteiger partial charge in [-0.1, -0.05) is 19.1 Å². The van der Waals surface area contributed by atoms with E-state index in [1.807, 2.05) is 0 Å². The molecule has 1 unspecified atom stereocenters. The van der Waals surface area contributed by atoms with E-state index in [4.69, 9.17) is 0 Å². The molecule has 0 spiro atoms. The Morgan fingerprint density at radius 1 is 1.33 bits per heavy atom. The van der Waals surface area contributed by atoms with Crippen LogP contribution in [-0.4, -0.2) is 6.54 Å². The monoisotopic (exact) mass is 161 g/mol. The smallest absolute Gasteiger partial charge is 0.0408 e. The minimum Gasteiger partial charge on any atom is -0.384 e. The lowest BCUT2D eigenvalue weighted by atomic mass is 9.98.